The van der Waals surface area contributed by atoms with Crippen molar-refractivity contribution in [1.82, 2.24) is 15.5 Å². The fourth-order valence-electron chi connectivity index (χ4n) is 3.11. The fourth-order valence-corrected chi connectivity index (χ4v) is 4.01. The zero-order valence-corrected chi connectivity index (χ0v) is 17.6. The lowest BCUT2D eigenvalue weighted by molar-refractivity contribution is -0.138. The zero-order valence-electron chi connectivity index (χ0n) is 16.8. The lowest BCUT2D eigenvalue weighted by Gasteiger charge is -2.29. The SMILES string of the molecule is CCNC(=NCC1(C(=O)N(C)C)CCCC1)NCCS(=O)C(C)(C)C. The first-order chi connectivity index (χ1) is 11.6. The van der Waals surface area contributed by atoms with Crippen molar-refractivity contribution in [3.8, 4) is 0 Å². The van der Waals surface area contributed by atoms with Gasteiger partial charge in [0.05, 0.1) is 12.0 Å². The normalized spacial score (nSPS) is 18.7. The molecule has 0 radical (unpaired) electrons. The highest BCUT2D eigenvalue weighted by Gasteiger charge is 2.42. The Morgan fingerprint density at radius 1 is 1.20 bits per heavy atom. The third kappa shape index (κ3) is 6.60. The van der Waals surface area contributed by atoms with E-state index in [4.69, 9.17) is 0 Å². The summed E-state index contributed by atoms with van der Waals surface area (Å²) in [7, 11) is 2.74. The van der Waals surface area contributed by atoms with Gasteiger partial charge in [0.1, 0.15) is 0 Å². The third-order valence-electron chi connectivity index (χ3n) is 4.57. The third-order valence-corrected chi connectivity index (χ3v) is 6.51. The average Bonchev–Trinajstić information content (AvgIpc) is 3.00. The Kier molecular flexibility index (Phi) is 8.38. The number of amides is 1. The molecule has 2 N–H and O–H groups in total. The van der Waals surface area contributed by atoms with Gasteiger partial charge in [-0.05, 0) is 40.5 Å². The molecule has 0 saturated heterocycles. The fraction of sp³-hybridized carbons (Fsp3) is 0.889. The molecule has 146 valence electrons. The highest BCUT2D eigenvalue weighted by atomic mass is 32.2. The molecule has 1 atom stereocenters. The molecule has 1 amide bonds. The number of hydrogen-bond acceptors (Lipinski definition) is 3. The molecule has 0 heterocycles. The molecule has 1 aliphatic rings. The Bertz CT molecular complexity index is 492. The van der Waals surface area contributed by atoms with Gasteiger partial charge in [-0.2, -0.15) is 0 Å². The van der Waals surface area contributed by atoms with Gasteiger partial charge in [-0.3, -0.25) is 14.0 Å². The van der Waals surface area contributed by atoms with E-state index in [1.165, 1.54) is 0 Å². The van der Waals surface area contributed by atoms with E-state index < -0.39 is 10.8 Å². The van der Waals surface area contributed by atoms with Gasteiger partial charge >= 0.3 is 0 Å². The van der Waals surface area contributed by atoms with Crippen LogP contribution in [0.25, 0.3) is 0 Å². The Morgan fingerprint density at radius 3 is 2.28 bits per heavy atom. The molecule has 0 aliphatic heterocycles. The first-order valence-electron chi connectivity index (χ1n) is 9.25. The van der Waals surface area contributed by atoms with E-state index in [0.29, 0.717) is 24.8 Å². The molecule has 1 aliphatic carbocycles. The minimum Gasteiger partial charge on any atom is -0.357 e. The second-order valence-corrected chi connectivity index (χ2v) is 10.3. The summed E-state index contributed by atoms with van der Waals surface area (Å²) in [5.74, 6) is 1.46. The van der Waals surface area contributed by atoms with E-state index in [9.17, 15) is 9.00 Å². The van der Waals surface area contributed by atoms with Gasteiger partial charge in [0.15, 0.2) is 5.96 Å². The minimum atomic E-state index is -0.891. The quantitative estimate of drug-likeness (QED) is 0.527. The van der Waals surface area contributed by atoms with Gasteiger partial charge in [0, 0.05) is 48.5 Å². The van der Waals surface area contributed by atoms with Crippen LogP contribution in [0.3, 0.4) is 0 Å². The highest BCUT2D eigenvalue weighted by molar-refractivity contribution is 7.86. The monoisotopic (exact) mass is 372 g/mol. The van der Waals surface area contributed by atoms with Crippen LogP contribution in [0.15, 0.2) is 4.99 Å². The maximum Gasteiger partial charge on any atom is 0.230 e. The van der Waals surface area contributed by atoms with Crippen molar-refractivity contribution in [1.29, 1.82) is 0 Å². The van der Waals surface area contributed by atoms with Crippen LogP contribution in [-0.2, 0) is 15.6 Å². The maximum absolute atomic E-state index is 12.6. The smallest absolute Gasteiger partial charge is 0.230 e. The van der Waals surface area contributed by atoms with Gasteiger partial charge in [-0.15, -0.1) is 0 Å². The number of carbonyl (C=O) groups is 1. The van der Waals surface area contributed by atoms with Crippen LogP contribution in [0, 0.1) is 5.41 Å². The number of guanidine groups is 1. The summed E-state index contributed by atoms with van der Waals surface area (Å²) in [6.45, 7) is 9.83. The molecule has 7 heteroatoms. The topological polar surface area (TPSA) is 73.8 Å². The molecule has 0 aromatic carbocycles. The highest BCUT2D eigenvalue weighted by Crippen LogP contribution is 2.39. The lowest BCUT2D eigenvalue weighted by atomic mass is 9.85. The summed E-state index contributed by atoms with van der Waals surface area (Å²) >= 11 is 0. The average molecular weight is 373 g/mol. The second-order valence-electron chi connectivity index (χ2n) is 7.97. The van der Waals surface area contributed by atoms with Crippen LogP contribution in [-0.4, -0.2) is 65.2 Å². The van der Waals surface area contributed by atoms with Gasteiger partial charge in [0.25, 0.3) is 0 Å². The van der Waals surface area contributed by atoms with Crippen molar-refractivity contribution in [2.75, 3.05) is 39.5 Å². The summed E-state index contributed by atoms with van der Waals surface area (Å²) < 4.78 is 11.9. The van der Waals surface area contributed by atoms with E-state index in [-0.39, 0.29) is 16.1 Å². The number of hydrogen-bond donors (Lipinski definition) is 2. The molecule has 0 aromatic rings. The van der Waals surface area contributed by atoms with Crippen LogP contribution < -0.4 is 10.6 Å². The molecular weight excluding hydrogens is 336 g/mol. The van der Waals surface area contributed by atoms with Crippen molar-refractivity contribution in [2.45, 2.75) is 58.1 Å². The number of rotatable bonds is 7. The lowest BCUT2D eigenvalue weighted by Crippen LogP contribution is -2.44. The van der Waals surface area contributed by atoms with Crippen LogP contribution in [0.1, 0.15) is 53.4 Å². The van der Waals surface area contributed by atoms with Gasteiger partial charge in [-0.25, -0.2) is 0 Å². The standard InChI is InChI=1S/C18H36N4O2S/c1-7-19-16(20-12-13-25(24)17(2,3)4)21-14-18(10-8-9-11-18)15(23)22(5)6/h7-14H2,1-6H3,(H2,19,20,21). The molecule has 1 rings (SSSR count). The van der Waals surface area contributed by atoms with Crippen molar-refractivity contribution in [2.24, 2.45) is 10.4 Å². The van der Waals surface area contributed by atoms with Crippen LogP contribution in [0.2, 0.25) is 0 Å². The summed E-state index contributed by atoms with van der Waals surface area (Å²) in [6, 6.07) is 0. The van der Waals surface area contributed by atoms with E-state index in [0.717, 1.165) is 32.2 Å². The number of nitrogens with one attached hydrogen (secondary N) is 2. The zero-order chi connectivity index (χ0) is 19.1. The first kappa shape index (κ1) is 21.9. The molecule has 1 saturated carbocycles. The summed E-state index contributed by atoms with van der Waals surface area (Å²) in [6.07, 6.45) is 3.98. The maximum atomic E-state index is 12.6. The van der Waals surface area contributed by atoms with Crippen molar-refractivity contribution >= 4 is 22.7 Å². The summed E-state index contributed by atoms with van der Waals surface area (Å²) in [5.41, 5.74) is -0.361. The largest absolute Gasteiger partial charge is 0.357 e. The second kappa shape index (κ2) is 9.55. The van der Waals surface area contributed by atoms with Crippen molar-refractivity contribution in [3.05, 3.63) is 0 Å². The minimum absolute atomic E-state index is 0.179. The van der Waals surface area contributed by atoms with Crippen molar-refractivity contribution < 1.29 is 9.00 Å². The molecule has 0 spiro atoms. The Hall–Kier alpha value is -1.11. The molecule has 0 bridgehead atoms. The van der Waals surface area contributed by atoms with Crippen LogP contribution in [0.5, 0.6) is 0 Å². The predicted molar refractivity (Wildman–Crippen MR) is 106 cm³/mol. The molecule has 25 heavy (non-hydrogen) atoms. The van der Waals surface area contributed by atoms with E-state index in [1.807, 2.05) is 41.8 Å². The number of nitrogens with zero attached hydrogens (tertiary/aromatic N) is 2. The molecule has 1 unspecified atom stereocenters. The first-order valence-corrected chi connectivity index (χ1v) is 10.6. The van der Waals surface area contributed by atoms with Gasteiger partial charge in [-0.1, -0.05) is 12.8 Å². The Labute approximate surface area is 155 Å². The van der Waals surface area contributed by atoms with Crippen LogP contribution in [0.4, 0.5) is 0 Å². The van der Waals surface area contributed by atoms with Crippen LogP contribution >= 0.6 is 0 Å². The Balaban J connectivity index is 2.70. The molecule has 0 aromatic heterocycles. The predicted octanol–water partition coefficient (Wildman–Crippen LogP) is 1.74. The van der Waals surface area contributed by atoms with Crippen molar-refractivity contribution in [3.63, 3.8) is 0 Å². The number of carbonyl (C=O) groups excluding carboxylic acids is 1. The molecule has 6 nitrogen and oxygen atoms in total. The molecule has 1 fully saturated rings. The van der Waals surface area contributed by atoms with E-state index in [2.05, 4.69) is 15.6 Å². The van der Waals surface area contributed by atoms with Gasteiger partial charge in [0.2, 0.25) is 5.91 Å². The van der Waals surface area contributed by atoms with Gasteiger partial charge < -0.3 is 15.5 Å². The summed E-state index contributed by atoms with van der Waals surface area (Å²) in [5, 5.41) is 6.47. The van der Waals surface area contributed by atoms with E-state index in [1.54, 1.807) is 4.90 Å². The Morgan fingerprint density at radius 2 is 1.80 bits per heavy atom. The summed E-state index contributed by atoms with van der Waals surface area (Å²) in [4.78, 5) is 19.0. The van der Waals surface area contributed by atoms with E-state index >= 15 is 0 Å². The molecular formula is C18H36N4O2S. The number of aliphatic imine (C=N–C) groups is 1.